The Bertz CT molecular complexity index is 384. The van der Waals surface area contributed by atoms with Crippen LogP contribution < -0.4 is 11.1 Å². The van der Waals surface area contributed by atoms with Crippen molar-refractivity contribution in [3.63, 3.8) is 0 Å². The first kappa shape index (κ1) is 9.22. The Labute approximate surface area is 90.9 Å². The van der Waals surface area contributed by atoms with Crippen LogP contribution in [0.3, 0.4) is 0 Å². The lowest BCUT2D eigenvalue weighted by Gasteiger charge is -2.16. The van der Waals surface area contributed by atoms with E-state index in [1.807, 2.05) is 12.1 Å². The largest absolute Gasteiger partial charge is 0.399 e. The van der Waals surface area contributed by atoms with E-state index in [0.717, 1.165) is 12.2 Å². The predicted molar refractivity (Wildman–Crippen MR) is 62.7 cm³/mol. The number of benzene rings is 1. The summed E-state index contributed by atoms with van der Waals surface area (Å²) in [7, 11) is 0. The van der Waals surface area contributed by atoms with Gasteiger partial charge in [-0.3, -0.25) is 0 Å². The number of rotatable bonds is 2. The normalized spacial score (nSPS) is 37.7. The van der Waals surface area contributed by atoms with E-state index in [2.05, 4.69) is 24.4 Å². The van der Waals surface area contributed by atoms with Gasteiger partial charge in [-0.05, 0) is 36.0 Å². The van der Waals surface area contributed by atoms with E-state index in [9.17, 15) is 0 Å². The van der Waals surface area contributed by atoms with Crippen molar-refractivity contribution >= 4 is 5.69 Å². The number of hydrogen-bond acceptors (Lipinski definition) is 2. The number of nitrogen functional groups attached to an aromatic ring is 1. The van der Waals surface area contributed by atoms with Crippen LogP contribution in [0.2, 0.25) is 0 Å². The van der Waals surface area contributed by atoms with E-state index in [0.29, 0.717) is 10.8 Å². The molecular weight excluding hydrogens is 184 g/mol. The monoisotopic (exact) mass is 202 g/mol. The van der Waals surface area contributed by atoms with Gasteiger partial charge in [0.1, 0.15) is 0 Å². The van der Waals surface area contributed by atoms with Crippen molar-refractivity contribution < 1.29 is 0 Å². The lowest BCUT2D eigenvalue weighted by molar-refractivity contribution is 0.477. The fourth-order valence-corrected chi connectivity index (χ4v) is 3.43. The number of piperidine rings is 1. The number of anilines is 1. The zero-order chi connectivity index (χ0) is 10.5. The highest BCUT2D eigenvalue weighted by Gasteiger charge is 2.69. The van der Waals surface area contributed by atoms with Gasteiger partial charge in [0.25, 0.3) is 0 Å². The molecule has 0 spiro atoms. The van der Waals surface area contributed by atoms with Gasteiger partial charge in [-0.2, -0.15) is 0 Å². The van der Waals surface area contributed by atoms with Crippen LogP contribution in [-0.4, -0.2) is 13.1 Å². The van der Waals surface area contributed by atoms with Crippen molar-refractivity contribution in [1.82, 2.24) is 5.32 Å². The second kappa shape index (κ2) is 2.76. The maximum atomic E-state index is 5.73. The molecule has 2 nitrogen and oxygen atoms in total. The fourth-order valence-electron chi connectivity index (χ4n) is 3.43. The smallest absolute Gasteiger partial charge is 0.0314 e. The molecule has 0 radical (unpaired) electrons. The molecule has 15 heavy (non-hydrogen) atoms. The van der Waals surface area contributed by atoms with Crippen LogP contribution in [0, 0.1) is 5.41 Å². The number of nitrogens with two attached hydrogens (primary N) is 1. The average molecular weight is 202 g/mol. The number of hydrogen-bond donors (Lipinski definition) is 2. The van der Waals surface area contributed by atoms with E-state index in [1.54, 1.807) is 0 Å². The van der Waals surface area contributed by atoms with Gasteiger partial charge in [-0.15, -0.1) is 0 Å². The first-order valence-corrected chi connectivity index (χ1v) is 5.79. The Morgan fingerprint density at radius 2 is 2.00 bits per heavy atom. The highest BCUT2D eigenvalue weighted by atomic mass is 15.0. The summed E-state index contributed by atoms with van der Waals surface area (Å²) in [5.41, 5.74) is 9.04. The Kier molecular flexibility index (Phi) is 1.70. The van der Waals surface area contributed by atoms with Gasteiger partial charge in [0.2, 0.25) is 0 Å². The van der Waals surface area contributed by atoms with Gasteiger partial charge in [-0.1, -0.05) is 19.1 Å². The quantitative estimate of drug-likeness (QED) is 0.719. The SMILES string of the molecule is CCC12CNCC1(c1ccc(N)cc1)C2. The van der Waals surface area contributed by atoms with E-state index >= 15 is 0 Å². The molecule has 2 unspecified atom stereocenters. The summed E-state index contributed by atoms with van der Waals surface area (Å²) in [6, 6.07) is 8.47. The minimum atomic E-state index is 0.426. The Morgan fingerprint density at radius 1 is 1.27 bits per heavy atom. The van der Waals surface area contributed by atoms with Crippen molar-refractivity contribution in [3.05, 3.63) is 29.8 Å². The number of fused-ring (bicyclic) bond motifs is 1. The minimum absolute atomic E-state index is 0.426. The first-order valence-electron chi connectivity index (χ1n) is 5.79. The molecule has 1 aliphatic carbocycles. The predicted octanol–water partition coefficient (Wildman–Crippen LogP) is 1.91. The first-order chi connectivity index (χ1) is 7.22. The molecule has 1 saturated carbocycles. The molecule has 2 aliphatic rings. The topological polar surface area (TPSA) is 38.0 Å². The van der Waals surface area contributed by atoms with Gasteiger partial charge in [0.05, 0.1) is 0 Å². The van der Waals surface area contributed by atoms with Crippen LogP contribution in [0.4, 0.5) is 5.69 Å². The highest BCUT2D eigenvalue weighted by molar-refractivity contribution is 5.47. The molecule has 3 rings (SSSR count). The average Bonchev–Trinajstić information content (AvgIpc) is 2.78. The summed E-state index contributed by atoms with van der Waals surface area (Å²) in [5.74, 6) is 0. The molecule has 80 valence electrons. The third kappa shape index (κ3) is 1.03. The minimum Gasteiger partial charge on any atom is -0.399 e. The molecular formula is C13H18N2. The van der Waals surface area contributed by atoms with E-state index in [4.69, 9.17) is 5.73 Å². The van der Waals surface area contributed by atoms with E-state index in [-0.39, 0.29) is 0 Å². The molecule has 0 amide bonds. The van der Waals surface area contributed by atoms with Gasteiger partial charge < -0.3 is 11.1 Å². The van der Waals surface area contributed by atoms with Gasteiger partial charge >= 0.3 is 0 Å². The van der Waals surface area contributed by atoms with Crippen molar-refractivity contribution in [2.24, 2.45) is 5.41 Å². The standard InChI is InChI=1S/C13H18N2/c1-2-12-7-13(12,9-15-8-12)10-3-5-11(14)6-4-10/h3-6,15H,2,7-9,14H2,1H3. The molecule has 2 atom stereocenters. The zero-order valence-electron chi connectivity index (χ0n) is 9.22. The van der Waals surface area contributed by atoms with Crippen LogP contribution >= 0.6 is 0 Å². The molecule has 2 fully saturated rings. The summed E-state index contributed by atoms with van der Waals surface area (Å²) in [5, 5.41) is 3.54. The maximum absolute atomic E-state index is 5.73. The number of nitrogens with one attached hydrogen (secondary N) is 1. The van der Waals surface area contributed by atoms with E-state index in [1.165, 1.54) is 24.9 Å². The molecule has 1 aromatic rings. The molecule has 1 heterocycles. The van der Waals surface area contributed by atoms with Crippen LogP contribution in [0.5, 0.6) is 0 Å². The lowest BCUT2D eigenvalue weighted by atomic mass is 9.87. The third-order valence-electron chi connectivity index (χ3n) is 4.56. The molecule has 1 aliphatic heterocycles. The molecule has 2 heteroatoms. The molecule has 1 aromatic carbocycles. The van der Waals surface area contributed by atoms with Crippen LogP contribution in [0.1, 0.15) is 25.3 Å². The van der Waals surface area contributed by atoms with Crippen molar-refractivity contribution in [2.45, 2.75) is 25.2 Å². The Balaban J connectivity index is 1.98. The highest BCUT2D eigenvalue weighted by Crippen LogP contribution is 2.68. The summed E-state index contributed by atoms with van der Waals surface area (Å²) < 4.78 is 0. The van der Waals surface area contributed by atoms with Crippen LogP contribution in [-0.2, 0) is 5.41 Å². The summed E-state index contributed by atoms with van der Waals surface area (Å²) in [6.07, 6.45) is 2.64. The second-order valence-electron chi connectivity index (χ2n) is 5.12. The molecule has 1 saturated heterocycles. The van der Waals surface area contributed by atoms with Crippen molar-refractivity contribution in [2.75, 3.05) is 18.8 Å². The van der Waals surface area contributed by atoms with Gasteiger partial charge in [0.15, 0.2) is 0 Å². The molecule has 0 bridgehead atoms. The van der Waals surface area contributed by atoms with Crippen molar-refractivity contribution in [1.29, 1.82) is 0 Å². The Morgan fingerprint density at radius 3 is 2.60 bits per heavy atom. The van der Waals surface area contributed by atoms with Crippen LogP contribution in [0.25, 0.3) is 0 Å². The summed E-state index contributed by atoms with van der Waals surface area (Å²) >= 11 is 0. The lowest BCUT2D eigenvalue weighted by Crippen LogP contribution is -2.19. The van der Waals surface area contributed by atoms with Crippen LogP contribution in [0.15, 0.2) is 24.3 Å². The van der Waals surface area contributed by atoms with Crippen molar-refractivity contribution in [3.8, 4) is 0 Å². The van der Waals surface area contributed by atoms with Gasteiger partial charge in [0, 0.05) is 24.2 Å². The van der Waals surface area contributed by atoms with Gasteiger partial charge in [-0.25, -0.2) is 0 Å². The third-order valence-corrected chi connectivity index (χ3v) is 4.56. The van der Waals surface area contributed by atoms with E-state index < -0.39 is 0 Å². The molecule has 0 aromatic heterocycles. The second-order valence-corrected chi connectivity index (χ2v) is 5.12. The zero-order valence-corrected chi connectivity index (χ0v) is 9.22. The molecule has 3 N–H and O–H groups in total. The summed E-state index contributed by atoms with van der Waals surface area (Å²) in [4.78, 5) is 0. The fraction of sp³-hybridized carbons (Fsp3) is 0.538. The Hall–Kier alpha value is -1.02. The maximum Gasteiger partial charge on any atom is 0.0314 e. The summed E-state index contributed by atoms with van der Waals surface area (Å²) in [6.45, 7) is 4.64.